The van der Waals surface area contributed by atoms with Crippen molar-refractivity contribution in [3.8, 4) is 0 Å². The molecule has 0 bridgehead atoms. The molecule has 0 aromatic rings. The highest BCUT2D eigenvalue weighted by Gasteiger charge is 2.32. The molecule has 0 spiro atoms. The molecule has 0 aromatic heterocycles. The third-order valence-corrected chi connectivity index (χ3v) is 2.73. The first-order chi connectivity index (χ1) is 6.33. The first-order valence-electron chi connectivity index (χ1n) is 5.25. The molecule has 1 aliphatic rings. The van der Waals surface area contributed by atoms with Gasteiger partial charge in [0.15, 0.2) is 0 Å². The second-order valence-corrected chi connectivity index (χ2v) is 3.64. The molecule has 0 radical (unpaired) electrons. The molecule has 0 amide bonds. The standard InChI is InChI=1S/C10H21NO2/c1-2-12-7-8-13-10(9-11)5-3-4-6-10/h2-9,11H2,1H3. The van der Waals surface area contributed by atoms with Gasteiger partial charge in [-0.05, 0) is 19.8 Å². The molecule has 1 rings (SSSR count). The quantitative estimate of drug-likeness (QED) is 0.638. The third-order valence-electron chi connectivity index (χ3n) is 2.73. The Bertz CT molecular complexity index is 133. The maximum atomic E-state index is 5.79. The Morgan fingerprint density at radius 2 is 1.92 bits per heavy atom. The predicted molar refractivity (Wildman–Crippen MR) is 52.7 cm³/mol. The maximum Gasteiger partial charge on any atom is 0.0805 e. The van der Waals surface area contributed by atoms with Crippen LogP contribution in [0.3, 0.4) is 0 Å². The topological polar surface area (TPSA) is 44.5 Å². The largest absolute Gasteiger partial charge is 0.379 e. The molecule has 0 saturated heterocycles. The van der Waals surface area contributed by atoms with Gasteiger partial charge in [0.2, 0.25) is 0 Å². The van der Waals surface area contributed by atoms with Crippen molar-refractivity contribution in [3.05, 3.63) is 0 Å². The SMILES string of the molecule is CCOCCOC1(CN)CCCC1. The Hall–Kier alpha value is -0.120. The summed E-state index contributed by atoms with van der Waals surface area (Å²) in [5, 5.41) is 0. The van der Waals surface area contributed by atoms with Gasteiger partial charge in [0.25, 0.3) is 0 Å². The van der Waals surface area contributed by atoms with Crippen molar-refractivity contribution in [2.45, 2.75) is 38.2 Å². The number of rotatable bonds is 6. The minimum absolute atomic E-state index is 0.0168. The van der Waals surface area contributed by atoms with Crippen LogP contribution in [0.4, 0.5) is 0 Å². The van der Waals surface area contributed by atoms with Crippen LogP contribution in [0.5, 0.6) is 0 Å². The fraction of sp³-hybridized carbons (Fsp3) is 1.00. The molecule has 0 unspecified atom stereocenters. The molecule has 3 nitrogen and oxygen atoms in total. The van der Waals surface area contributed by atoms with Crippen molar-refractivity contribution in [2.75, 3.05) is 26.4 Å². The monoisotopic (exact) mass is 187 g/mol. The number of hydrogen-bond donors (Lipinski definition) is 1. The molecule has 13 heavy (non-hydrogen) atoms. The van der Waals surface area contributed by atoms with Crippen LogP contribution in [-0.4, -0.2) is 32.0 Å². The molecule has 1 aliphatic carbocycles. The van der Waals surface area contributed by atoms with Crippen LogP contribution >= 0.6 is 0 Å². The van der Waals surface area contributed by atoms with E-state index >= 15 is 0 Å². The van der Waals surface area contributed by atoms with Crippen LogP contribution in [0.25, 0.3) is 0 Å². The van der Waals surface area contributed by atoms with Gasteiger partial charge in [0.05, 0.1) is 18.8 Å². The van der Waals surface area contributed by atoms with Crippen molar-refractivity contribution >= 4 is 0 Å². The van der Waals surface area contributed by atoms with Crippen molar-refractivity contribution in [2.24, 2.45) is 5.73 Å². The number of nitrogens with two attached hydrogens (primary N) is 1. The second-order valence-electron chi connectivity index (χ2n) is 3.64. The lowest BCUT2D eigenvalue weighted by Crippen LogP contribution is -2.38. The Balaban J connectivity index is 2.16. The Labute approximate surface area is 80.6 Å². The van der Waals surface area contributed by atoms with Gasteiger partial charge in [-0.1, -0.05) is 12.8 Å². The van der Waals surface area contributed by atoms with Crippen LogP contribution in [0.1, 0.15) is 32.6 Å². The van der Waals surface area contributed by atoms with Crippen molar-refractivity contribution in [1.82, 2.24) is 0 Å². The summed E-state index contributed by atoms with van der Waals surface area (Å²) in [5.41, 5.74) is 5.70. The molecular formula is C10H21NO2. The summed E-state index contributed by atoms with van der Waals surface area (Å²) in [7, 11) is 0. The van der Waals surface area contributed by atoms with E-state index in [2.05, 4.69) is 0 Å². The third kappa shape index (κ3) is 3.25. The Kier molecular flexibility index (Phi) is 4.70. The molecule has 78 valence electrons. The van der Waals surface area contributed by atoms with E-state index in [0.717, 1.165) is 19.4 Å². The lowest BCUT2D eigenvalue weighted by Gasteiger charge is -2.27. The molecule has 0 aliphatic heterocycles. The summed E-state index contributed by atoms with van der Waals surface area (Å²) in [6.45, 7) is 4.79. The van der Waals surface area contributed by atoms with Gasteiger partial charge in [0.1, 0.15) is 0 Å². The maximum absolute atomic E-state index is 5.79. The first kappa shape index (κ1) is 11.0. The lowest BCUT2D eigenvalue weighted by molar-refractivity contribution is -0.0569. The first-order valence-corrected chi connectivity index (χ1v) is 5.25. The number of ether oxygens (including phenoxy) is 2. The van der Waals surface area contributed by atoms with Crippen LogP contribution in [-0.2, 0) is 9.47 Å². The van der Waals surface area contributed by atoms with Crippen LogP contribution in [0.2, 0.25) is 0 Å². The van der Waals surface area contributed by atoms with Gasteiger partial charge in [-0.3, -0.25) is 0 Å². The van der Waals surface area contributed by atoms with Gasteiger partial charge in [-0.25, -0.2) is 0 Å². The smallest absolute Gasteiger partial charge is 0.0805 e. The van der Waals surface area contributed by atoms with Gasteiger partial charge < -0.3 is 15.2 Å². The molecular weight excluding hydrogens is 166 g/mol. The highest BCUT2D eigenvalue weighted by atomic mass is 16.5. The van der Waals surface area contributed by atoms with Crippen LogP contribution < -0.4 is 5.73 Å². The highest BCUT2D eigenvalue weighted by molar-refractivity contribution is 4.87. The van der Waals surface area contributed by atoms with Crippen LogP contribution in [0.15, 0.2) is 0 Å². The van der Waals surface area contributed by atoms with E-state index in [1.165, 1.54) is 12.8 Å². The summed E-state index contributed by atoms with van der Waals surface area (Å²) in [6, 6.07) is 0. The van der Waals surface area contributed by atoms with Gasteiger partial charge in [0, 0.05) is 13.2 Å². The molecule has 2 N–H and O–H groups in total. The van der Waals surface area contributed by atoms with Crippen molar-refractivity contribution in [1.29, 1.82) is 0 Å². The minimum Gasteiger partial charge on any atom is -0.379 e. The fourth-order valence-corrected chi connectivity index (χ4v) is 1.89. The average Bonchev–Trinajstić information content (AvgIpc) is 2.62. The molecule has 0 heterocycles. The molecule has 3 heteroatoms. The van der Waals surface area contributed by atoms with E-state index in [-0.39, 0.29) is 5.60 Å². The van der Waals surface area contributed by atoms with Crippen LogP contribution in [0, 0.1) is 0 Å². The van der Waals surface area contributed by atoms with Gasteiger partial charge >= 0.3 is 0 Å². The van der Waals surface area contributed by atoms with E-state index in [1.807, 2.05) is 6.92 Å². The van der Waals surface area contributed by atoms with Crippen molar-refractivity contribution in [3.63, 3.8) is 0 Å². The second kappa shape index (κ2) is 5.58. The molecule has 1 saturated carbocycles. The molecule has 0 atom stereocenters. The molecule has 1 fully saturated rings. The minimum atomic E-state index is -0.0168. The predicted octanol–water partition coefficient (Wildman–Crippen LogP) is 1.31. The average molecular weight is 187 g/mol. The van der Waals surface area contributed by atoms with E-state index in [4.69, 9.17) is 15.2 Å². The highest BCUT2D eigenvalue weighted by Crippen LogP contribution is 2.31. The van der Waals surface area contributed by atoms with Gasteiger partial charge in [-0.2, -0.15) is 0 Å². The normalized spacial score (nSPS) is 20.8. The van der Waals surface area contributed by atoms with Gasteiger partial charge in [-0.15, -0.1) is 0 Å². The van der Waals surface area contributed by atoms with E-state index in [1.54, 1.807) is 0 Å². The van der Waals surface area contributed by atoms with Crippen molar-refractivity contribution < 1.29 is 9.47 Å². The summed E-state index contributed by atoms with van der Waals surface area (Å²) < 4.78 is 11.0. The lowest BCUT2D eigenvalue weighted by atomic mass is 10.0. The van der Waals surface area contributed by atoms with E-state index in [9.17, 15) is 0 Å². The summed E-state index contributed by atoms with van der Waals surface area (Å²) in [5.74, 6) is 0. The Morgan fingerprint density at radius 1 is 1.23 bits per heavy atom. The summed E-state index contributed by atoms with van der Waals surface area (Å²) >= 11 is 0. The van der Waals surface area contributed by atoms with E-state index < -0.39 is 0 Å². The zero-order valence-electron chi connectivity index (χ0n) is 8.55. The number of hydrogen-bond acceptors (Lipinski definition) is 3. The summed E-state index contributed by atoms with van der Waals surface area (Å²) in [4.78, 5) is 0. The Morgan fingerprint density at radius 3 is 2.46 bits per heavy atom. The molecule has 0 aromatic carbocycles. The summed E-state index contributed by atoms with van der Waals surface area (Å²) in [6.07, 6.45) is 4.75. The fourth-order valence-electron chi connectivity index (χ4n) is 1.89. The zero-order chi connectivity index (χ0) is 9.57. The zero-order valence-corrected chi connectivity index (χ0v) is 8.55. The van der Waals surface area contributed by atoms with E-state index in [0.29, 0.717) is 19.8 Å².